The summed E-state index contributed by atoms with van der Waals surface area (Å²) >= 11 is 0. The number of benzene rings is 1. The van der Waals surface area contributed by atoms with Crippen LogP contribution in [0.5, 0.6) is 0 Å². The average Bonchev–Trinajstić information content (AvgIpc) is 2.85. The van der Waals surface area contributed by atoms with Crippen molar-refractivity contribution in [1.82, 2.24) is 4.90 Å². The van der Waals surface area contributed by atoms with Crippen molar-refractivity contribution in [2.75, 3.05) is 6.54 Å². The molecule has 1 aromatic rings. The van der Waals surface area contributed by atoms with E-state index in [1.807, 2.05) is 6.07 Å². The molecule has 1 aromatic carbocycles. The molecule has 0 amide bonds. The number of aliphatic carboxylic acids is 1. The molecule has 2 atom stereocenters. The number of carboxylic acid groups (broad SMARTS) is 1. The Kier molecular flexibility index (Phi) is 4.53. The van der Waals surface area contributed by atoms with E-state index < -0.39 is 5.97 Å². The zero-order chi connectivity index (χ0) is 13.8. The van der Waals surface area contributed by atoms with Crippen LogP contribution in [0.4, 0.5) is 4.39 Å². The molecule has 4 heteroatoms. The molecule has 2 unspecified atom stereocenters. The van der Waals surface area contributed by atoms with Gasteiger partial charge >= 0.3 is 5.97 Å². The summed E-state index contributed by atoms with van der Waals surface area (Å²) in [5, 5.41) is 9.16. The van der Waals surface area contributed by atoms with Gasteiger partial charge in [-0.2, -0.15) is 0 Å². The minimum atomic E-state index is -0.727. The number of halogens is 1. The van der Waals surface area contributed by atoms with Crippen molar-refractivity contribution in [3.63, 3.8) is 0 Å². The fraction of sp³-hybridized carbons (Fsp3) is 0.533. The van der Waals surface area contributed by atoms with Crippen LogP contribution in [0.1, 0.15) is 31.7 Å². The molecule has 0 spiro atoms. The second-order valence-electron chi connectivity index (χ2n) is 5.25. The van der Waals surface area contributed by atoms with Crippen LogP contribution in [0.2, 0.25) is 0 Å². The first-order chi connectivity index (χ1) is 9.08. The van der Waals surface area contributed by atoms with E-state index in [1.54, 1.807) is 12.1 Å². The monoisotopic (exact) mass is 265 g/mol. The number of hydrogen-bond donors (Lipinski definition) is 1. The van der Waals surface area contributed by atoms with E-state index in [2.05, 4.69) is 11.8 Å². The fourth-order valence-corrected chi connectivity index (χ4v) is 2.82. The van der Waals surface area contributed by atoms with Crippen LogP contribution in [0, 0.1) is 5.82 Å². The van der Waals surface area contributed by atoms with Gasteiger partial charge in [-0.1, -0.05) is 12.1 Å². The van der Waals surface area contributed by atoms with E-state index in [0.717, 1.165) is 37.8 Å². The number of carboxylic acids is 1. The maximum atomic E-state index is 13.1. The SMILES string of the molecule is CC(CCc1cccc(F)c1)N1CCCC1C(=O)O. The van der Waals surface area contributed by atoms with Gasteiger partial charge in [-0.3, -0.25) is 9.69 Å². The summed E-state index contributed by atoms with van der Waals surface area (Å²) in [5.41, 5.74) is 0.970. The average molecular weight is 265 g/mol. The third-order valence-electron chi connectivity index (χ3n) is 3.89. The largest absolute Gasteiger partial charge is 0.480 e. The molecule has 0 bridgehead atoms. The van der Waals surface area contributed by atoms with Crippen molar-refractivity contribution in [1.29, 1.82) is 0 Å². The molecule has 19 heavy (non-hydrogen) atoms. The lowest BCUT2D eigenvalue weighted by Gasteiger charge is -2.28. The Morgan fingerprint density at radius 3 is 3.05 bits per heavy atom. The molecule has 1 aliphatic heterocycles. The molecule has 1 N–H and O–H groups in total. The fourth-order valence-electron chi connectivity index (χ4n) is 2.82. The summed E-state index contributed by atoms with van der Waals surface area (Å²) in [5.74, 6) is -0.940. The van der Waals surface area contributed by atoms with E-state index in [1.165, 1.54) is 6.07 Å². The number of hydrogen-bond acceptors (Lipinski definition) is 2. The highest BCUT2D eigenvalue weighted by atomic mass is 19.1. The summed E-state index contributed by atoms with van der Waals surface area (Å²) < 4.78 is 13.1. The third kappa shape index (κ3) is 3.53. The maximum absolute atomic E-state index is 13.1. The molecule has 1 aliphatic rings. The highest BCUT2D eigenvalue weighted by Gasteiger charge is 2.33. The first-order valence-electron chi connectivity index (χ1n) is 6.81. The van der Waals surface area contributed by atoms with Crippen LogP contribution in [0.25, 0.3) is 0 Å². The summed E-state index contributed by atoms with van der Waals surface area (Å²) in [6.07, 6.45) is 3.32. The van der Waals surface area contributed by atoms with E-state index in [-0.39, 0.29) is 17.9 Å². The first-order valence-corrected chi connectivity index (χ1v) is 6.81. The van der Waals surface area contributed by atoms with Crippen LogP contribution in [-0.4, -0.2) is 34.6 Å². The zero-order valence-electron chi connectivity index (χ0n) is 11.2. The molecular formula is C15H20FNO2. The lowest BCUT2D eigenvalue weighted by molar-refractivity contribution is -0.142. The number of carbonyl (C=O) groups is 1. The Morgan fingerprint density at radius 2 is 2.37 bits per heavy atom. The van der Waals surface area contributed by atoms with Gasteiger partial charge in [0, 0.05) is 6.04 Å². The van der Waals surface area contributed by atoms with E-state index in [9.17, 15) is 9.18 Å². The molecule has 1 saturated heterocycles. The van der Waals surface area contributed by atoms with Gasteiger partial charge in [0.25, 0.3) is 0 Å². The Hall–Kier alpha value is -1.42. The highest BCUT2D eigenvalue weighted by Crippen LogP contribution is 2.22. The number of likely N-dealkylation sites (tertiary alicyclic amines) is 1. The summed E-state index contributed by atoms with van der Waals surface area (Å²) in [7, 11) is 0. The van der Waals surface area contributed by atoms with Gasteiger partial charge in [-0.25, -0.2) is 4.39 Å². The molecule has 0 saturated carbocycles. The van der Waals surface area contributed by atoms with Gasteiger partial charge < -0.3 is 5.11 Å². The highest BCUT2D eigenvalue weighted by molar-refractivity contribution is 5.73. The summed E-state index contributed by atoms with van der Waals surface area (Å²) in [6.45, 7) is 2.90. The van der Waals surface area contributed by atoms with Crippen LogP contribution in [0.3, 0.4) is 0 Å². The first kappa shape index (κ1) is 14.0. The van der Waals surface area contributed by atoms with Crippen LogP contribution >= 0.6 is 0 Å². The summed E-state index contributed by atoms with van der Waals surface area (Å²) in [6, 6.07) is 6.48. The Bertz CT molecular complexity index is 450. The lowest BCUT2D eigenvalue weighted by atomic mass is 10.0. The predicted octanol–water partition coefficient (Wildman–Crippen LogP) is 2.70. The number of aryl methyl sites for hydroxylation is 1. The van der Waals surface area contributed by atoms with Crippen molar-refractivity contribution in [2.24, 2.45) is 0 Å². The van der Waals surface area contributed by atoms with Crippen molar-refractivity contribution in [2.45, 2.75) is 44.7 Å². The topological polar surface area (TPSA) is 40.5 Å². The van der Waals surface area contributed by atoms with Crippen molar-refractivity contribution in [3.8, 4) is 0 Å². The third-order valence-corrected chi connectivity index (χ3v) is 3.89. The second kappa shape index (κ2) is 6.15. The predicted molar refractivity (Wildman–Crippen MR) is 71.5 cm³/mol. The van der Waals surface area contributed by atoms with Gasteiger partial charge in [0.2, 0.25) is 0 Å². The Morgan fingerprint density at radius 1 is 1.58 bits per heavy atom. The Labute approximate surface area is 113 Å². The lowest BCUT2D eigenvalue weighted by Crippen LogP contribution is -2.42. The van der Waals surface area contributed by atoms with E-state index in [4.69, 9.17) is 5.11 Å². The van der Waals surface area contributed by atoms with Crippen molar-refractivity contribution >= 4 is 5.97 Å². The van der Waals surface area contributed by atoms with Crippen molar-refractivity contribution in [3.05, 3.63) is 35.6 Å². The van der Waals surface area contributed by atoms with Crippen molar-refractivity contribution < 1.29 is 14.3 Å². The molecule has 2 rings (SSSR count). The molecule has 3 nitrogen and oxygen atoms in total. The number of nitrogens with zero attached hydrogens (tertiary/aromatic N) is 1. The van der Waals surface area contributed by atoms with Crippen LogP contribution in [-0.2, 0) is 11.2 Å². The smallest absolute Gasteiger partial charge is 0.320 e. The van der Waals surface area contributed by atoms with E-state index in [0.29, 0.717) is 0 Å². The molecule has 0 radical (unpaired) electrons. The molecule has 0 aromatic heterocycles. The normalized spacial score (nSPS) is 21.5. The second-order valence-corrected chi connectivity index (χ2v) is 5.25. The quantitative estimate of drug-likeness (QED) is 0.890. The molecule has 104 valence electrons. The van der Waals surface area contributed by atoms with Crippen LogP contribution < -0.4 is 0 Å². The zero-order valence-corrected chi connectivity index (χ0v) is 11.2. The molecule has 1 heterocycles. The van der Waals surface area contributed by atoms with Crippen LogP contribution in [0.15, 0.2) is 24.3 Å². The number of rotatable bonds is 5. The molecule has 1 fully saturated rings. The minimum Gasteiger partial charge on any atom is -0.480 e. The van der Waals surface area contributed by atoms with Gasteiger partial charge in [-0.15, -0.1) is 0 Å². The minimum absolute atomic E-state index is 0.213. The Balaban J connectivity index is 1.90. The van der Waals surface area contributed by atoms with Gasteiger partial charge in [-0.05, 0) is 56.8 Å². The molecular weight excluding hydrogens is 245 g/mol. The maximum Gasteiger partial charge on any atom is 0.320 e. The standard InChI is InChI=1S/C15H20FNO2/c1-11(17-9-3-6-14(17)15(18)19)7-8-12-4-2-5-13(16)10-12/h2,4-5,10-11,14H,3,6-9H2,1H3,(H,18,19). The molecule has 0 aliphatic carbocycles. The summed E-state index contributed by atoms with van der Waals surface area (Å²) in [4.78, 5) is 13.2. The van der Waals surface area contributed by atoms with Gasteiger partial charge in [0.15, 0.2) is 0 Å². The van der Waals surface area contributed by atoms with Gasteiger partial charge in [0.05, 0.1) is 0 Å². The van der Waals surface area contributed by atoms with E-state index >= 15 is 0 Å². The van der Waals surface area contributed by atoms with Gasteiger partial charge in [0.1, 0.15) is 11.9 Å².